The number of aliphatic hydroxyl groups is 1. The Morgan fingerprint density at radius 1 is 1.05 bits per heavy atom. The average Bonchev–Trinajstić information content (AvgIpc) is 3.57. The summed E-state index contributed by atoms with van der Waals surface area (Å²) >= 11 is 2.57. The van der Waals surface area contributed by atoms with Gasteiger partial charge in [-0.2, -0.15) is 0 Å². The van der Waals surface area contributed by atoms with Gasteiger partial charge in [0.1, 0.15) is 17.3 Å². The number of hydrogen-bond acceptors (Lipinski definition) is 8. The molecule has 0 aliphatic carbocycles. The van der Waals surface area contributed by atoms with Crippen molar-refractivity contribution < 1.29 is 23.8 Å². The van der Waals surface area contributed by atoms with Gasteiger partial charge in [-0.05, 0) is 48.7 Å². The number of benzene rings is 3. The van der Waals surface area contributed by atoms with Crippen LogP contribution in [0.4, 0.5) is 9.52 Å². The molecule has 1 N–H and O–H groups in total. The number of thioether (sulfide) groups is 1. The molecule has 1 atom stereocenters. The van der Waals surface area contributed by atoms with Gasteiger partial charge in [0.2, 0.25) is 5.13 Å². The molecule has 5 rings (SSSR count). The maximum atomic E-state index is 13.5. The number of Topliss-reactive ketones (excluding diaryl/α,β-unsaturated/α-hetero) is 1. The van der Waals surface area contributed by atoms with E-state index in [9.17, 15) is 19.1 Å². The number of hydrogen-bond donors (Lipinski definition) is 1. The van der Waals surface area contributed by atoms with Crippen LogP contribution in [0.5, 0.6) is 5.75 Å². The third-order valence-corrected chi connectivity index (χ3v) is 8.96. The van der Waals surface area contributed by atoms with Crippen LogP contribution in [-0.4, -0.2) is 33.6 Å². The Kier molecular flexibility index (Phi) is 9.34. The minimum atomic E-state index is -0.937. The van der Waals surface area contributed by atoms with E-state index >= 15 is 0 Å². The summed E-state index contributed by atoms with van der Waals surface area (Å²) in [6.45, 7) is 4.60. The number of ketones is 1. The largest absolute Gasteiger partial charge is 0.507 e. The zero-order valence-electron chi connectivity index (χ0n) is 23.2. The Balaban J connectivity index is 1.51. The molecule has 1 aliphatic heterocycles. The predicted octanol–water partition coefficient (Wildman–Crippen LogP) is 7.47. The number of amides is 1. The number of rotatable bonds is 11. The average molecular weight is 604 g/mol. The zero-order chi connectivity index (χ0) is 29.6. The number of ether oxygens (including phenoxy) is 1. The number of carbonyl (C=O) groups excluding carboxylic acids is 2. The summed E-state index contributed by atoms with van der Waals surface area (Å²) in [6, 6.07) is 19.6. The van der Waals surface area contributed by atoms with Crippen molar-refractivity contribution in [3.05, 3.63) is 106 Å². The van der Waals surface area contributed by atoms with E-state index in [1.54, 1.807) is 42.5 Å². The Bertz CT molecular complexity index is 1600. The standard InChI is InChI=1S/C32H30FN3O4S2/c1-3-4-5-17-40-25-8-6-7-23(18-25)27-26(28(37)22-13-9-20(2)10-14-22)29(38)30(39)36(27)31-34-35-32(42-31)41-19-21-11-15-24(33)16-12-21/h6-16,18,27,37H,3-5,17,19H2,1-2H3. The lowest BCUT2D eigenvalue weighted by Crippen LogP contribution is -2.29. The highest BCUT2D eigenvalue weighted by atomic mass is 32.2. The van der Waals surface area contributed by atoms with Gasteiger partial charge >= 0.3 is 5.91 Å². The molecule has 1 amide bonds. The van der Waals surface area contributed by atoms with Crippen LogP contribution in [0.3, 0.4) is 0 Å². The summed E-state index contributed by atoms with van der Waals surface area (Å²) in [4.78, 5) is 28.3. The number of anilines is 1. The first-order chi connectivity index (χ1) is 20.4. The van der Waals surface area contributed by atoms with Gasteiger partial charge < -0.3 is 9.84 Å². The van der Waals surface area contributed by atoms with Gasteiger partial charge in [-0.3, -0.25) is 14.5 Å². The first-order valence-electron chi connectivity index (χ1n) is 13.7. The van der Waals surface area contributed by atoms with Crippen molar-refractivity contribution >= 4 is 45.7 Å². The van der Waals surface area contributed by atoms with Crippen molar-refractivity contribution in [2.75, 3.05) is 11.5 Å². The second-order valence-electron chi connectivity index (χ2n) is 9.93. The van der Waals surface area contributed by atoms with E-state index < -0.39 is 17.7 Å². The Morgan fingerprint density at radius 3 is 2.55 bits per heavy atom. The predicted molar refractivity (Wildman–Crippen MR) is 163 cm³/mol. The van der Waals surface area contributed by atoms with Gasteiger partial charge in [0.25, 0.3) is 5.78 Å². The van der Waals surface area contributed by atoms with Crippen LogP contribution in [0.2, 0.25) is 0 Å². The van der Waals surface area contributed by atoms with E-state index in [0.717, 1.165) is 30.4 Å². The SMILES string of the molecule is CCCCCOc1cccc(C2C(=C(O)c3ccc(C)cc3)C(=O)C(=O)N2c2nnc(SCc3ccc(F)cc3)s2)c1. The van der Waals surface area contributed by atoms with Crippen molar-refractivity contribution in [3.63, 3.8) is 0 Å². The normalized spacial score (nSPS) is 16.3. The second-order valence-corrected chi connectivity index (χ2v) is 12.1. The number of aryl methyl sites for hydroxylation is 1. The van der Waals surface area contributed by atoms with Crippen LogP contribution >= 0.6 is 23.1 Å². The third kappa shape index (κ3) is 6.55. The Hall–Kier alpha value is -4.02. The highest BCUT2D eigenvalue weighted by Gasteiger charge is 2.48. The third-order valence-electron chi connectivity index (χ3n) is 6.84. The van der Waals surface area contributed by atoms with E-state index in [0.29, 0.717) is 33.6 Å². The van der Waals surface area contributed by atoms with Crippen LogP contribution in [-0.2, 0) is 15.3 Å². The van der Waals surface area contributed by atoms with Gasteiger partial charge in [-0.1, -0.05) is 97.0 Å². The van der Waals surface area contributed by atoms with Gasteiger partial charge in [-0.25, -0.2) is 4.39 Å². The molecule has 0 radical (unpaired) electrons. The van der Waals surface area contributed by atoms with E-state index in [1.165, 1.54) is 40.1 Å². The minimum Gasteiger partial charge on any atom is -0.507 e. The molecule has 1 saturated heterocycles. The van der Waals surface area contributed by atoms with Crippen molar-refractivity contribution in [3.8, 4) is 5.75 Å². The molecule has 10 heteroatoms. The van der Waals surface area contributed by atoms with Gasteiger partial charge in [-0.15, -0.1) is 10.2 Å². The van der Waals surface area contributed by atoms with Crippen LogP contribution in [0.15, 0.2) is 82.7 Å². The van der Waals surface area contributed by atoms with Crippen molar-refractivity contribution in [2.24, 2.45) is 0 Å². The lowest BCUT2D eigenvalue weighted by Gasteiger charge is -2.23. The van der Waals surface area contributed by atoms with Gasteiger partial charge in [0.05, 0.1) is 18.2 Å². The highest BCUT2D eigenvalue weighted by Crippen LogP contribution is 2.44. The summed E-state index contributed by atoms with van der Waals surface area (Å²) in [5.74, 6) is -1.03. The van der Waals surface area contributed by atoms with Crippen molar-refractivity contribution in [1.29, 1.82) is 0 Å². The second kappa shape index (κ2) is 13.3. The van der Waals surface area contributed by atoms with Crippen LogP contribution < -0.4 is 9.64 Å². The molecule has 1 aliphatic rings. The molecule has 216 valence electrons. The molecule has 0 spiro atoms. The van der Waals surface area contributed by atoms with Crippen LogP contribution in [0, 0.1) is 12.7 Å². The molecule has 7 nitrogen and oxygen atoms in total. The van der Waals surface area contributed by atoms with Gasteiger partial charge in [0.15, 0.2) is 4.34 Å². The van der Waals surface area contributed by atoms with Crippen LogP contribution in [0.25, 0.3) is 5.76 Å². The first-order valence-corrected chi connectivity index (χ1v) is 15.5. The summed E-state index contributed by atoms with van der Waals surface area (Å²) in [7, 11) is 0. The molecular formula is C32H30FN3O4S2. The maximum Gasteiger partial charge on any atom is 0.301 e. The lowest BCUT2D eigenvalue weighted by atomic mass is 9.95. The zero-order valence-corrected chi connectivity index (χ0v) is 24.9. The molecule has 0 bridgehead atoms. The van der Waals surface area contributed by atoms with E-state index in [4.69, 9.17) is 4.74 Å². The van der Waals surface area contributed by atoms with Crippen molar-refractivity contribution in [2.45, 2.75) is 49.2 Å². The highest BCUT2D eigenvalue weighted by molar-refractivity contribution is 8.00. The lowest BCUT2D eigenvalue weighted by molar-refractivity contribution is -0.132. The number of nitrogens with zero attached hydrogens (tertiary/aromatic N) is 3. The summed E-state index contributed by atoms with van der Waals surface area (Å²) in [5, 5.41) is 20.1. The number of aromatic nitrogens is 2. The fraction of sp³-hybridized carbons (Fsp3) is 0.250. The summed E-state index contributed by atoms with van der Waals surface area (Å²) in [5.41, 5.74) is 2.92. The first kappa shape index (κ1) is 29.5. The smallest absolute Gasteiger partial charge is 0.301 e. The molecule has 42 heavy (non-hydrogen) atoms. The monoisotopic (exact) mass is 603 g/mol. The topological polar surface area (TPSA) is 92.6 Å². The molecular weight excluding hydrogens is 574 g/mol. The number of halogens is 1. The number of unbranched alkanes of at least 4 members (excludes halogenated alkanes) is 2. The molecule has 2 heterocycles. The molecule has 1 unspecified atom stereocenters. The van der Waals surface area contributed by atoms with E-state index in [2.05, 4.69) is 17.1 Å². The summed E-state index contributed by atoms with van der Waals surface area (Å²) in [6.07, 6.45) is 3.04. The molecule has 0 saturated carbocycles. The number of aliphatic hydroxyl groups excluding tert-OH is 1. The minimum absolute atomic E-state index is 0.0253. The Morgan fingerprint density at radius 2 is 1.81 bits per heavy atom. The fourth-order valence-electron chi connectivity index (χ4n) is 4.61. The maximum absolute atomic E-state index is 13.5. The molecule has 1 fully saturated rings. The molecule has 4 aromatic rings. The van der Waals surface area contributed by atoms with Crippen LogP contribution in [0.1, 0.15) is 54.5 Å². The van der Waals surface area contributed by atoms with E-state index in [1.807, 2.05) is 25.1 Å². The van der Waals surface area contributed by atoms with Crippen molar-refractivity contribution in [1.82, 2.24) is 10.2 Å². The molecule has 1 aromatic heterocycles. The summed E-state index contributed by atoms with van der Waals surface area (Å²) < 4.78 is 19.8. The molecule has 3 aromatic carbocycles. The van der Waals surface area contributed by atoms with Gasteiger partial charge in [0, 0.05) is 11.3 Å². The Labute approximate surface area is 252 Å². The number of carbonyl (C=O) groups is 2. The fourth-order valence-corrected chi connectivity index (χ4v) is 6.44. The van der Waals surface area contributed by atoms with E-state index in [-0.39, 0.29) is 22.3 Å². The quantitative estimate of drug-likeness (QED) is 0.0475.